The van der Waals surface area contributed by atoms with Crippen LogP contribution in [-0.2, 0) is 20.7 Å². The fourth-order valence-electron chi connectivity index (χ4n) is 3.21. The lowest BCUT2D eigenvalue weighted by Gasteiger charge is -2.31. The maximum Gasteiger partial charge on any atom is 0.347 e. The molecule has 2 atom stereocenters. The Morgan fingerprint density at radius 2 is 1.64 bits per heavy atom. The Labute approximate surface area is 165 Å². The zero-order valence-electron chi connectivity index (χ0n) is 16.4. The van der Waals surface area contributed by atoms with Gasteiger partial charge >= 0.3 is 5.97 Å². The van der Waals surface area contributed by atoms with Gasteiger partial charge in [-0.15, -0.1) is 0 Å². The lowest BCUT2D eigenvalue weighted by atomic mass is 10.0. The van der Waals surface area contributed by atoms with Crippen LogP contribution in [0.3, 0.4) is 0 Å². The van der Waals surface area contributed by atoms with Gasteiger partial charge in [-0.1, -0.05) is 18.2 Å². The van der Waals surface area contributed by atoms with Gasteiger partial charge in [-0.25, -0.2) is 4.79 Å². The van der Waals surface area contributed by atoms with Crippen LogP contribution in [0.25, 0.3) is 0 Å². The summed E-state index contributed by atoms with van der Waals surface area (Å²) in [6.07, 6.45) is 0.110. The number of hydrogen-bond donors (Lipinski definition) is 0. The SMILES string of the molecule is COc1ccc(OC(C)C(=O)OC(C)C(=O)N2CCCc3ccccc32)cc1. The highest BCUT2D eigenvalue weighted by molar-refractivity contribution is 5.98. The van der Waals surface area contributed by atoms with Crippen molar-refractivity contribution in [2.45, 2.75) is 38.9 Å². The number of carbonyl (C=O) groups excluding carboxylic acids is 2. The fraction of sp³-hybridized carbons (Fsp3) is 0.364. The molecule has 6 nitrogen and oxygen atoms in total. The minimum absolute atomic E-state index is 0.225. The second-order valence-corrected chi connectivity index (χ2v) is 6.74. The summed E-state index contributed by atoms with van der Waals surface area (Å²) in [7, 11) is 1.58. The molecule has 0 fully saturated rings. The average Bonchev–Trinajstić information content (AvgIpc) is 2.73. The molecule has 0 spiro atoms. The summed E-state index contributed by atoms with van der Waals surface area (Å²) in [5.41, 5.74) is 2.03. The predicted molar refractivity (Wildman–Crippen MR) is 106 cm³/mol. The van der Waals surface area contributed by atoms with Crippen molar-refractivity contribution in [3.63, 3.8) is 0 Å². The molecule has 6 heteroatoms. The summed E-state index contributed by atoms with van der Waals surface area (Å²) in [4.78, 5) is 26.9. The van der Waals surface area contributed by atoms with E-state index in [1.807, 2.05) is 24.3 Å². The van der Waals surface area contributed by atoms with Crippen molar-refractivity contribution in [1.82, 2.24) is 0 Å². The molecule has 2 aromatic carbocycles. The number of nitrogens with zero attached hydrogens (tertiary/aromatic N) is 1. The Bertz CT molecular complexity index is 833. The first-order valence-corrected chi connectivity index (χ1v) is 9.40. The van der Waals surface area contributed by atoms with Gasteiger partial charge in [0.2, 0.25) is 0 Å². The van der Waals surface area contributed by atoms with Crippen LogP contribution >= 0.6 is 0 Å². The lowest BCUT2D eigenvalue weighted by molar-refractivity contribution is -0.160. The van der Waals surface area contributed by atoms with Gasteiger partial charge < -0.3 is 19.1 Å². The van der Waals surface area contributed by atoms with E-state index in [2.05, 4.69) is 0 Å². The molecule has 0 aliphatic carbocycles. The first kappa shape index (κ1) is 19.7. The summed E-state index contributed by atoms with van der Waals surface area (Å²) in [5, 5.41) is 0. The summed E-state index contributed by atoms with van der Waals surface area (Å²) in [6, 6.07) is 14.7. The molecular weight excluding hydrogens is 358 g/mol. The molecule has 3 rings (SSSR count). The van der Waals surface area contributed by atoms with Crippen molar-refractivity contribution < 1.29 is 23.8 Å². The molecule has 1 aliphatic heterocycles. The molecule has 148 valence electrons. The third-order valence-electron chi connectivity index (χ3n) is 4.72. The van der Waals surface area contributed by atoms with E-state index in [1.165, 1.54) is 0 Å². The standard InChI is InChI=1S/C22H25NO5/c1-15(21(24)23-14-6-8-17-7-4-5-9-20(17)23)28-22(25)16(2)27-19-12-10-18(26-3)11-13-19/h4-5,7,9-13,15-16H,6,8,14H2,1-3H3. The summed E-state index contributed by atoms with van der Waals surface area (Å²) in [6.45, 7) is 3.81. The highest BCUT2D eigenvalue weighted by Gasteiger charge is 2.29. The second-order valence-electron chi connectivity index (χ2n) is 6.74. The smallest absolute Gasteiger partial charge is 0.347 e. The Morgan fingerprint density at radius 1 is 0.964 bits per heavy atom. The van der Waals surface area contributed by atoms with Crippen LogP contribution in [0, 0.1) is 0 Å². The largest absolute Gasteiger partial charge is 0.497 e. The van der Waals surface area contributed by atoms with Crippen LogP contribution in [0.4, 0.5) is 5.69 Å². The van der Waals surface area contributed by atoms with Crippen molar-refractivity contribution in [2.75, 3.05) is 18.6 Å². The van der Waals surface area contributed by atoms with Crippen molar-refractivity contribution in [3.8, 4) is 11.5 Å². The Kier molecular flexibility index (Phi) is 6.19. The molecular formula is C22H25NO5. The van der Waals surface area contributed by atoms with E-state index in [-0.39, 0.29) is 5.91 Å². The molecule has 0 saturated heterocycles. The normalized spacial score (nSPS) is 15.2. The molecule has 28 heavy (non-hydrogen) atoms. The number of benzene rings is 2. The fourth-order valence-corrected chi connectivity index (χ4v) is 3.21. The lowest BCUT2D eigenvalue weighted by Crippen LogP contribution is -2.44. The number of hydrogen-bond acceptors (Lipinski definition) is 5. The van der Waals surface area contributed by atoms with Crippen molar-refractivity contribution in [1.29, 1.82) is 0 Å². The van der Waals surface area contributed by atoms with E-state index in [9.17, 15) is 9.59 Å². The number of amides is 1. The summed E-state index contributed by atoms with van der Waals surface area (Å²) < 4.78 is 16.1. The van der Waals surface area contributed by atoms with E-state index in [0.29, 0.717) is 18.0 Å². The molecule has 0 aromatic heterocycles. The average molecular weight is 383 g/mol. The number of anilines is 1. The number of carbonyl (C=O) groups is 2. The van der Waals surface area contributed by atoms with Crippen molar-refractivity contribution >= 4 is 17.6 Å². The Balaban J connectivity index is 1.59. The molecule has 1 amide bonds. The molecule has 0 N–H and O–H groups in total. The van der Waals surface area contributed by atoms with Gasteiger partial charge in [-0.3, -0.25) is 4.79 Å². The van der Waals surface area contributed by atoms with Crippen LogP contribution in [-0.4, -0.2) is 37.7 Å². The number of methoxy groups -OCH3 is 1. The first-order valence-electron chi connectivity index (χ1n) is 9.40. The quantitative estimate of drug-likeness (QED) is 0.716. The highest BCUT2D eigenvalue weighted by atomic mass is 16.6. The van der Waals surface area contributed by atoms with Crippen LogP contribution < -0.4 is 14.4 Å². The van der Waals surface area contributed by atoms with E-state index in [4.69, 9.17) is 14.2 Å². The van der Waals surface area contributed by atoms with Crippen LogP contribution in [0.5, 0.6) is 11.5 Å². The number of aryl methyl sites for hydroxylation is 1. The third kappa shape index (κ3) is 4.44. The van der Waals surface area contributed by atoms with Crippen molar-refractivity contribution in [3.05, 3.63) is 54.1 Å². The van der Waals surface area contributed by atoms with Crippen LogP contribution in [0.1, 0.15) is 25.8 Å². The van der Waals surface area contributed by atoms with Crippen LogP contribution in [0.15, 0.2) is 48.5 Å². The number of ether oxygens (including phenoxy) is 3. The van der Waals surface area contributed by atoms with Crippen molar-refractivity contribution in [2.24, 2.45) is 0 Å². The highest BCUT2D eigenvalue weighted by Crippen LogP contribution is 2.27. The zero-order valence-corrected chi connectivity index (χ0v) is 16.4. The van der Waals surface area contributed by atoms with Gasteiger partial charge in [0.1, 0.15) is 11.5 Å². The maximum absolute atomic E-state index is 12.8. The van der Waals surface area contributed by atoms with E-state index in [0.717, 1.165) is 24.1 Å². The van der Waals surface area contributed by atoms with Gasteiger partial charge in [0.15, 0.2) is 12.2 Å². The minimum atomic E-state index is -0.888. The Morgan fingerprint density at radius 3 is 2.36 bits per heavy atom. The summed E-state index contributed by atoms with van der Waals surface area (Å²) in [5.74, 6) is 0.414. The molecule has 2 aromatic rings. The number of esters is 1. The number of fused-ring (bicyclic) bond motifs is 1. The monoisotopic (exact) mass is 383 g/mol. The Hall–Kier alpha value is -3.02. The van der Waals surface area contributed by atoms with Gasteiger partial charge in [0.05, 0.1) is 7.11 Å². The molecule has 0 saturated carbocycles. The maximum atomic E-state index is 12.8. The van der Waals surface area contributed by atoms with Gasteiger partial charge in [0.25, 0.3) is 5.91 Å². The molecule has 1 heterocycles. The van der Waals surface area contributed by atoms with Gasteiger partial charge in [-0.05, 0) is 62.6 Å². The summed E-state index contributed by atoms with van der Waals surface area (Å²) >= 11 is 0. The van der Waals surface area contributed by atoms with E-state index < -0.39 is 18.2 Å². The first-order chi connectivity index (χ1) is 13.5. The minimum Gasteiger partial charge on any atom is -0.497 e. The number of rotatable bonds is 6. The predicted octanol–water partition coefficient (Wildman–Crippen LogP) is 3.37. The van der Waals surface area contributed by atoms with Crippen LogP contribution in [0.2, 0.25) is 0 Å². The second kappa shape index (κ2) is 8.78. The van der Waals surface area contributed by atoms with E-state index >= 15 is 0 Å². The number of para-hydroxylation sites is 1. The zero-order chi connectivity index (χ0) is 20.1. The molecule has 2 unspecified atom stereocenters. The molecule has 0 radical (unpaired) electrons. The topological polar surface area (TPSA) is 65.1 Å². The molecule has 1 aliphatic rings. The third-order valence-corrected chi connectivity index (χ3v) is 4.72. The van der Waals surface area contributed by atoms with Gasteiger partial charge in [0, 0.05) is 12.2 Å². The van der Waals surface area contributed by atoms with Gasteiger partial charge in [-0.2, -0.15) is 0 Å². The molecule has 0 bridgehead atoms. The van der Waals surface area contributed by atoms with E-state index in [1.54, 1.807) is 50.1 Å².